The van der Waals surface area contributed by atoms with E-state index in [9.17, 15) is 18.0 Å². The maximum Gasteiger partial charge on any atom is 0.387 e. The highest BCUT2D eigenvalue weighted by molar-refractivity contribution is 5.85. The van der Waals surface area contributed by atoms with Crippen molar-refractivity contribution in [1.29, 1.82) is 0 Å². The first-order valence-electron chi connectivity index (χ1n) is 4.56. The fraction of sp³-hybridized carbons (Fsp3) is 0.182. The van der Waals surface area contributed by atoms with Gasteiger partial charge in [0.15, 0.2) is 0 Å². The maximum atomic E-state index is 13.6. The van der Waals surface area contributed by atoms with Gasteiger partial charge in [-0.25, -0.2) is 9.18 Å². The van der Waals surface area contributed by atoms with E-state index in [1.165, 1.54) is 13.0 Å². The molecule has 3 nitrogen and oxygen atoms in total. The molecule has 0 fully saturated rings. The van der Waals surface area contributed by atoms with Gasteiger partial charge in [0, 0.05) is 17.2 Å². The van der Waals surface area contributed by atoms with Crippen molar-refractivity contribution in [2.45, 2.75) is 13.5 Å². The van der Waals surface area contributed by atoms with Gasteiger partial charge in [0.25, 0.3) is 0 Å². The van der Waals surface area contributed by atoms with Crippen LogP contribution < -0.4 is 4.74 Å². The topological polar surface area (TPSA) is 46.5 Å². The van der Waals surface area contributed by atoms with E-state index < -0.39 is 18.4 Å². The van der Waals surface area contributed by atoms with Gasteiger partial charge in [-0.2, -0.15) is 8.78 Å². The lowest BCUT2D eigenvalue weighted by atomic mass is 10.1. The summed E-state index contributed by atoms with van der Waals surface area (Å²) in [7, 11) is 0. The van der Waals surface area contributed by atoms with Gasteiger partial charge < -0.3 is 9.84 Å². The van der Waals surface area contributed by atoms with E-state index in [0.29, 0.717) is 0 Å². The minimum Gasteiger partial charge on any atom is -0.478 e. The number of rotatable bonds is 4. The molecule has 0 amide bonds. The van der Waals surface area contributed by atoms with Gasteiger partial charge >= 0.3 is 12.6 Å². The molecule has 1 aromatic rings. The van der Waals surface area contributed by atoms with Crippen molar-refractivity contribution in [2.75, 3.05) is 0 Å². The molecule has 0 bridgehead atoms. The fourth-order valence-electron chi connectivity index (χ4n) is 1.20. The Balaban J connectivity index is 3.06. The standard InChI is InChI=1S/C11H9F3O3/c1-6-8(17-11(13)14)4-2-7(10(6)12)3-5-9(15)16/h2-5,11H,1H3,(H,15,16)/b5-3+. The van der Waals surface area contributed by atoms with Crippen molar-refractivity contribution >= 4 is 12.0 Å². The van der Waals surface area contributed by atoms with Crippen LogP contribution in [0.25, 0.3) is 6.08 Å². The van der Waals surface area contributed by atoms with E-state index >= 15 is 0 Å². The minimum absolute atomic E-state index is 0.00786. The van der Waals surface area contributed by atoms with Gasteiger partial charge in [0.2, 0.25) is 0 Å². The van der Waals surface area contributed by atoms with Crippen LogP contribution in [0, 0.1) is 12.7 Å². The normalized spacial score (nSPS) is 11.1. The molecule has 92 valence electrons. The van der Waals surface area contributed by atoms with Gasteiger partial charge in [0.05, 0.1) is 0 Å². The Morgan fingerprint density at radius 1 is 1.47 bits per heavy atom. The molecule has 0 saturated carbocycles. The van der Waals surface area contributed by atoms with Crippen LogP contribution in [0.1, 0.15) is 11.1 Å². The molecule has 0 aliphatic rings. The summed E-state index contributed by atoms with van der Waals surface area (Å²) in [5, 5.41) is 8.38. The summed E-state index contributed by atoms with van der Waals surface area (Å²) in [6.07, 6.45) is 1.79. The second-order valence-corrected chi connectivity index (χ2v) is 3.14. The Morgan fingerprint density at radius 2 is 2.12 bits per heavy atom. The number of carboxylic acid groups (broad SMARTS) is 1. The van der Waals surface area contributed by atoms with Crippen LogP contribution in [0.15, 0.2) is 18.2 Å². The zero-order chi connectivity index (χ0) is 13.0. The summed E-state index contributed by atoms with van der Waals surface area (Å²) in [6, 6.07) is 2.32. The van der Waals surface area contributed by atoms with Gasteiger partial charge in [-0.1, -0.05) is 0 Å². The van der Waals surface area contributed by atoms with Gasteiger partial charge in [-0.15, -0.1) is 0 Å². The average Bonchev–Trinajstić information content (AvgIpc) is 2.23. The van der Waals surface area contributed by atoms with Crippen LogP contribution in [0.4, 0.5) is 13.2 Å². The molecule has 0 spiro atoms. The SMILES string of the molecule is Cc1c(OC(F)F)ccc(/C=C/C(=O)O)c1F. The van der Waals surface area contributed by atoms with Gasteiger partial charge in [-0.3, -0.25) is 0 Å². The van der Waals surface area contributed by atoms with Crippen molar-refractivity contribution < 1.29 is 27.8 Å². The number of carboxylic acids is 1. The molecule has 0 unspecified atom stereocenters. The number of carbonyl (C=O) groups is 1. The molecule has 17 heavy (non-hydrogen) atoms. The van der Waals surface area contributed by atoms with Crippen LogP contribution in [0.3, 0.4) is 0 Å². The molecule has 0 heterocycles. The van der Waals surface area contributed by atoms with E-state index in [4.69, 9.17) is 5.11 Å². The average molecular weight is 246 g/mol. The van der Waals surface area contributed by atoms with E-state index in [2.05, 4.69) is 4.74 Å². The minimum atomic E-state index is -3.03. The van der Waals surface area contributed by atoms with Gasteiger partial charge in [0.1, 0.15) is 11.6 Å². The van der Waals surface area contributed by atoms with Gasteiger partial charge in [-0.05, 0) is 25.1 Å². The smallest absolute Gasteiger partial charge is 0.387 e. The molecular formula is C11H9F3O3. The lowest BCUT2D eigenvalue weighted by molar-refractivity contribution is -0.131. The van der Waals surface area contributed by atoms with Crippen molar-refractivity contribution in [3.63, 3.8) is 0 Å². The first kappa shape index (κ1) is 13.1. The van der Waals surface area contributed by atoms with E-state index in [1.807, 2.05) is 0 Å². The second-order valence-electron chi connectivity index (χ2n) is 3.14. The molecule has 1 N–H and O–H groups in total. The lowest BCUT2D eigenvalue weighted by Gasteiger charge is -2.09. The highest BCUT2D eigenvalue weighted by atomic mass is 19.3. The van der Waals surface area contributed by atoms with Crippen molar-refractivity contribution in [3.05, 3.63) is 35.2 Å². The van der Waals surface area contributed by atoms with Crippen molar-refractivity contribution in [3.8, 4) is 5.75 Å². The first-order chi connectivity index (χ1) is 7.91. The Bertz CT molecular complexity index is 456. The predicted molar refractivity (Wildman–Crippen MR) is 54.4 cm³/mol. The largest absolute Gasteiger partial charge is 0.478 e. The molecule has 0 aliphatic heterocycles. The highest BCUT2D eigenvalue weighted by Crippen LogP contribution is 2.25. The summed E-state index contributed by atoms with van der Waals surface area (Å²) < 4.78 is 41.6. The summed E-state index contributed by atoms with van der Waals surface area (Å²) in [4.78, 5) is 10.2. The molecule has 1 rings (SSSR count). The van der Waals surface area contributed by atoms with Crippen molar-refractivity contribution in [1.82, 2.24) is 0 Å². The number of hydrogen-bond donors (Lipinski definition) is 1. The third-order valence-corrected chi connectivity index (χ3v) is 1.99. The number of halogens is 3. The Labute approximate surface area is 95.1 Å². The molecule has 1 aromatic carbocycles. The summed E-state index contributed by atoms with van der Waals surface area (Å²) >= 11 is 0. The van der Waals surface area contributed by atoms with Crippen LogP contribution in [0.5, 0.6) is 5.75 Å². The van der Waals surface area contributed by atoms with Crippen molar-refractivity contribution in [2.24, 2.45) is 0 Å². The number of aliphatic carboxylic acids is 1. The highest BCUT2D eigenvalue weighted by Gasteiger charge is 2.12. The first-order valence-corrected chi connectivity index (χ1v) is 4.56. The Kier molecular flexibility index (Phi) is 4.14. The quantitative estimate of drug-likeness (QED) is 0.831. The molecule has 0 radical (unpaired) electrons. The zero-order valence-electron chi connectivity index (χ0n) is 8.78. The number of ether oxygens (including phenoxy) is 1. The monoisotopic (exact) mass is 246 g/mol. The third kappa shape index (κ3) is 3.51. The second kappa shape index (κ2) is 5.38. The number of benzene rings is 1. The summed E-state index contributed by atoms with van der Waals surface area (Å²) in [6.45, 7) is -1.76. The Morgan fingerprint density at radius 3 is 2.65 bits per heavy atom. The molecule has 0 aliphatic carbocycles. The van der Waals surface area contributed by atoms with E-state index in [0.717, 1.165) is 18.2 Å². The predicted octanol–water partition coefficient (Wildman–Crippen LogP) is 2.83. The number of hydrogen-bond acceptors (Lipinski definition) is 2. The fourth-order valence-corrected chi connectivity index (χ4v) is 1.20. The molecule has 0 aromatic heterocycles. The Hall–Kier alpha value is -1.98. The third-order valence-electron chi connectivity index (χ3n) is 1.99. The van der Waals surface area contributed by atoms with Crippen LogP contribution in [-0.2, 0) is 4.79 Å². The van der Waals surface area contributed by atoms with Crippen LogP contribution >= 0.6 is 0 Å². The lowest BCUT2D eigenvalue weighted by Crippen LogP contribution is -2.04. The molecule has 0 saturated heterocycles. The number of alkyl halides is 2. The van der Waals surface area contributed by atoms with E-state index in [-0.39, 0.29) is 16.9 Å². The molecule has 0 atom stereocenters. The van der Waals surface area contributed by atoms with Crippen LogP contribution in [0.2, 0.25) is 0 Å². The van der Waals surface area contributed by atoms with E-state index in [1.54, 1.807) is 0 Å². The summed E-state index contributed by atoms with van der Waals surface area (Å²) in [5.41, 5.74) is -0.107. The molecular weight excluding hydrogens is 237 g/mol. The maximum absolute atomic E-state index is 13.6. The zero-order valence-corrected chi connectivity index (χ0v) is 8.78. The molecule has 6 heteroatoms. The van der Waals surface area contributed by atoms with Crippen LogP contribution in [-0.4, -0.2) is 17.7 Å². The summed E-state index contributed by atoms with van der Waals surface area (Å²) in [5.74, 6) is -2.29.